The smallest absolute Gasteiger partial charge is 0.131 e. The third kappa shape index (κ3) is 4.32. The minimum atomic E-state index is 0.581. The van der Waals surface area contributed by atoms with Crippen LogP contribution in [0.25, 0.3) is 0 Å². The Morgan fingerprint density at radius 1 is 1.14 bits per heavy atom. The van der Waals surface area contributed by atoms with E-state index in [1.54, 1.807) is 0 Å². The SMILES string of the molecule is CCC(C)c1ccc(Oc2cc(Br)ccc2CCN)cc1. The summed E-state index contributed by atoms with van der Waals surface area (Å²) < 4.78 is 7.03. The molecule has 2 rings (SSSR count). The molecule has 2 aromatic rings. The van der Waals surface area contributed by atoms with Crippen molar-refractivity contribution in [2.75, 3.05) is 6.54 Å². The predicted molar refractivity (Wildman–Crippen MR) is 92.1 cm³/mol. The van der Waals surface area contributed by atoms with Crippen LogP contribution in [-0.2, 0) is 6.42 Å². The number of rotatable bonds is 6. The van der Waals surface area contributed by atoms with Gasteiger partial charge in [-0.3, -0.25) is 0 Å². The van der Waals surface area contributed by atoms with Gasteiger partial charge in [0.2, 0.25) is 0 Å². The molecular formula is C18H22BrNO. The molecule has 0 spiro atoms. The highest BCUT2D eigenvalue weighted by Crippen LogP contribution is 2.30. The van der Waals surface area contributed by atoms with Gasteiger partial charge in [-0.1, -0.05) is 48.0 Å². The summed E-state index contributed by atoms with van der Waals surface area (Å²) in [5.41, 5.74) is 8.14. The highest BCUT2D eigenvalue weighted by Gasteiger charge is 2.07. The average molecular weight is 348 g/mol. The fourth-order valence-electron chi connectivity index (χ4n) is 2.21. The Morgan fingerprint density at radius 3 is 2.48 bits per heavy atom. The fourth-order valence-corrected chi connectivity index (χ4v) is 2.55. The van der Waals surface area contributed by atoms with E-state index in [0.717, 1.165) is 34.4 Å². The molecule has 2 N–H and O–H groups in total. The minimum absolute atomic E-state index is 0.581. The molecule has 0 aromatic heterocycles. The highest BCUT2D eigenvalue weighted by atomic mass is 79.9. The molecule has 0 saturated heterocycles. The maximum atomic E-state index is 6.03. The lowest BCUT2D eigenvalue weighted by Crippen LogP contribution is -2.04. The molecule has 0 amide bonds. The van der Waals surface area contributed by atoms with E-state index in [0.29, 0.717) is 12.5 Å². The topological polar surface area (TPSA) is 35.2 Å². The first-order valence-corrected chi connectivity index (χ1v) is 8.19. The molecule has 112 valence electrons. The molecule has 1 unspecified atom stereocenters. The second kappa shape index (κ2) is 7.62. The average Bonchev–Trinajstić information content (AvgIpc) is 2.50. The molecule has 21 heavy (non-hydrogen) atoms. The Bertz CT molecular complexity index is 580. The van der Waals surface area contributed by atoms with Gasteiger partial charge in [-0.15, -0.1) is 0 Å². The van der Waals surface area contributed by atoms with Crippen LogP contribution in [0.5, 0.6) is 11.5 Å². The molecule has 0 saturated carbocycles. The lowest BCUT2D eigenvalue weighted by molar-refractivity contribution is 0.475. The van der Waals surface area contributed by atoms with Gasteiger partial charge in [0.05, 0.1) is 0 Å². The first-order chi connectivity index (χ1) is 10.1. The second-order valence-electron chi connectivity index (χ2n) is 5.27. The summed E-state index contributed by atoms with van der Waals surface area (Å²) in [5.74, 6) is 2.31. The Morgan fingerprint density at radius 2 is 1.86 bits per heavy atom. The minimum Gasteiger partial charge on any atom is -0.457 e. The van der Waals surface area contributed by atoms with Gasteiger partial charge in [-0.05, 0) is 60.7 Å². The maximum absolute atomic E-state index is 6.03. The van der Waals surface area contributed by atoms with Gasteiger partial charge in [-0.25, -0.2) is 0 Å². The van der Waals surface area contributed by atoms with Crippen molar-refractivity contribution >= 4 is 15.9 Å². The zero-order valence-electron chi connectivity index (χ0n) is 12.6. The van der Waals surface area contributed by atoms with Crippen LogP contribution in [0.3, 0.4) is 0 Å². The number of benzene rings is 2. The predicted octanol–water partition coefficient (Wildman–Crippen LogP) is 5.26. The molecule has 0 heterocycles. The Hall–Kier alpha value is -1.32. The van der Waals surface area contributed by atoms with E-state index in [-0.39, 0.29) is 0 Å². The Kier molecular flexibility index (Phi) is 5.83. The molecule has 0 fully saturated rings. The molecular weight excluding hydrogens is 326 g/mol. The summed E-state index contributed by atoms with van der Waals surface area (Å²) >= 11 is 3.49. The zero-order valence-corrected chi connectivity index (χ0v) is 14.2. The van der Waals surface area contributed by atoms with Crippen molar-refractivity contribution in [3.63, 3.8) is 0 Å². The number of hydrogen-bond acceptors (Lipinski definition) is 2. The third-order valence-corrected chi connectivity index (χ3v) is 4.23. The number of halogens is 1. The molecule has 2 aromatic carbocycles. The second-order valence-corrected chi connectivity index (χ2v) is 6.19. The van der Waals surface area contributed by atoms with Gasteiger partial charge in [0.15, 0.2) is 0 Å². The van der Waals surface area contributed by atoms with Crippen molar-refractivity contribution in [2.45, 2.75) is 32.6 Å². The van der Waals surface area contributed by atoms with Gasteiger partial charge in [0.25, 0.3) is 0 Å². The van der Waals surface area contributed by atoms with E-state index < -0.39 is 0 Å². The van der Waals surface area contributed by atoms with Crippen LogP contribution in [0.15, 0.2) is 46.9 Å². The molecule has 0 aliphatic heterocycles. The highest BCUT2D eigenvalue weighted by molar-refractivity contribution is 9.10. The van der Waals surface area contributed by atoms with Crippen LogP contribution in [0.1, 0.15) is 37.3 Å². The van der Waals surface area contributed by atoms with Crippen LogP contribution < -0.4 is 10.5 Å². The number of hydrogen-bond donors (Lipinski definition) is 1. The quantitative estimate of drug-likeness (QED) is 0.773. The molecule has 1 atom stereocenters. The molecule has 0 bridgehead atoms. The fraction of sp³-hybridized carbons (Fsp3) is 0.333. The van der Waals surface area contributed by atoms with Crippen molar-refractivity contribution in [1.29, 1.82) is 0 Å². The molecule has 3 heteroatoms. The maximum Gasteiger partial charge on any atom is 0.131 e. The van der Waals surface area contributed by atoms with Gasteiger partial charge in [0, 0.05) is 4.47 Å². The van der Waals surface area contributed by atoms with E-state index in [1.807, 2.05) is 24.3 Å². The number of ether oxygens (including phenoxy) is 1. The van der Waals surface area contributed by atoms with Gasteiger partial charge in [0.1, 0.15) is 11.5 Å². The summed E-state index contributed by atoms with van der Waals surface area (Å²) in [6.45, 7) is 5.06. The van der Waals surface area contributed by atoms with Crippen LogP contribution in [0, 0.1) is 0 Å². The third-order valence-electron chi connectivity index (χ3n) is 3.73. The Balaban J connectivity index is 2.19. The summed E-state index contributed by atoms with van der Waals surface area (Å²) in [7, 11) is 0. The molecule has 0 aliphatic rings. The largest absolute Gasteiger partial charge is 0.457 e. The van der Waals surface area contributed by atoms with E-state index in [4.69, 9.17) is 10.5 Å². The lowest BCUT2D eigenvalue weighted by Gasteiger charge is -2.13. The van der Waals surface area contributed by atoms with E-state index in [1.165, 1.54) is 5.56 Å². The van der Waals surface area contributed by atoms with Crippen molar-refractivity contribution in [3.8, 4) is 11.5 Å². The summed E-state index contributed by atoms with van der Waals surface area (Å²) in [6, 6.07) is 14.4. The Labute approximate surface area is 135 Å². The van der Waals surface area contributed by atoms with E-state index in [9.17, 15) is 0 Å². The first kappa shape index (κ1) is 16.1. The van der Waals surface area contributed by atoms with Crippen molar-refractivity contribution in [3.05, 3.63) is 58.1 Å². The van der Waals surface area contributed by atoms with Crippen molar-refractivity contribution in [1.82, 2.24) is 0 Å². The van der Waals surface area contributed by atoms with Crippen LogP contribution >= 0.6 is 15.9 Å². The molecule has 2 nitrogen and oxygen atoms in total. The zero-order chi connectivity index (χ0) is 15.2. The molecule has 0 aliphatic carbocycles. The standard InChI is InChI=1S/C18H22BrNO/c1-3-13(2)14-5-8-17(9-6-14)21-18-12-16(19)7-4-15(18)10-11-20/h4-9,12-13H,3,10-11,20H2,1-2H3. The monoisotopic (exact) mass is 347 g/mol. The lowest BCUT2D eigenvalue weighted by atomic mass is 9.99. The summed E-state index contributed by atoms with van der Waals surface area (Å²) in [4.78, 5) is 0. The number of nitrogens with two attached hydrogens (primary N) is 1. The van der Waals surface area contributed by atoms with Crippen molar-refractivity contribution < 1.29 is 4.74 Å². The van der Waals surface area contributed by atoms with Crippen LogP contribution in [0.4, 0.5) is 0 Å². The van der Waals surface area contributed by atoms with Gasteiger partial charge in [-0.2, -0.15) is 0 Å². The van der Waals surface area contributed by atoms with Gasteiger partial charge >= 0.3 is 0 Å². The molecule has 0 radical (unpaired) electrons. The van der Waals surface area contributed by atoms with E-state index >= 15 is 0 Å². The summed E-state index contributed by atoms with van der Waals surface area (Å²) in [6.07, 6.45) is 1.96. The first-order valence-electron chi connectivity index (χ1n) is 7.40. The van der Waals surface area contributed by atoms with E-state index in [2.05, 4.69) is 48.0 Å². The van der Waals surface area contributed by atoms with Gasteiger partial charge < -0.3 is 10.5 Å². The van der Waals surface area contributed by atoms with Crippen molar-refractivity contribution in [2.24, 2.45) is 5.73 Å². The van der Waals surface area contributed by atoms with Crippen LogP contribution in [-0.4, -0.2) is 6.54 Å². The summed E-state index contributed by atoms with van der Waals surface area (Å²) in [5, 5.41) is 0. The van der Waals surface area contributed by atoms with Crippen LogP contribution in [0.2, 0.25) is 0 Å². The normalized spacial score (nSPS) is 12.2.